The minimum atomic E-state index is -0.272. The van der Waals surface area contributed by atoms with Crippen LogP contribution >= 0.6 is 11.3 Å². The highest BCUT2D eigenvalue weighted by Crippen LogP contribution is 2.35. The van der Waals surface area contributed by atoms with Crippen molar-refractivity contribution in [2.24, 2.45) is 0 Å². The Bertz CT molecular complexity index is 1530. The molecule has 9 heteroatoms. The molecular weight excluding hydrogens is 476 g/mol. The van der Waals surface area contributed by atoms with Crippen molar-refractivity contribution in [1.29, 1.82) is 0 Å². The number of thiazole rings is 1. The van der Waals surface area contributed by atoms with Crippen LogP contribution in [0.3, 0.4) is 0 Å². The van der Waals surface area contributed by atoms with Crippen molar-refractivity contribution in [2.45, 2.75) is 6.92 Å². The maximum Gasteiger partial charge on any atom is 0.257 e. The van der Waals surface area contributed by atoms with E-state index in [1.807, 2.05) is 54.8 Å². The van der Waals surface area contributed by atoms with E-state index in [0.29, 0.717) is 39.7 Å². The first-order valence-corrected chi connectivity index (χ1v) is 11.9. The van der Waals surface area contributed by atoms with Gasteiger partial charge in [0.1, 0.15) is 11.5 Å². The number of benzene rings is 3. The second-order valence-corrected chi connectivity index (χ2v) is 8.78. The third-order valence-electron chi connectivity index (χ3n) is 5.49. The molecule has 0 saturated heterocycles. The fourth-order valence-corrected chi connectivity index (χ4v) is 4.34. The summed E-state index contributed by atoms with van der Waals surface area (Å²) in [7, 11) is 3.20. The molecule has 0 aliphatic heterocycles. The molecule has 0 spiro atoms. The molecule has 2 heterocycles. The first-order valence-electron chi connectivity index (χ1n) is 11.0. The first-order chi connectivity index (χ1) is 17.5. The highest BCUT2D eigenvalue weighted by molar-refractivity contribution is 7.14. The van der Waals surface area contributed by atoms with Crippen molar-refractivity contribution >= 4 is 22.4 Å². The summed E-state index contributed by atoms with van der Waals surface area (Å²) in [5.74, 6) is 1.92. The predicted molar refractivity (Wildman–Crippen MR) is 139 cm³/mol. The lowest BCUT2D eigenvalue weighted by Gasteiger charge is -2.08. The minimum Gasteiger partial charge on any atom is -0.497 e. The van der Waals surface area contributed by atoms with Crippen molar-refractivity contribution in [3.05, 3.63) is 83.2 Å². The van der Waals surface area contributed by atoms with Gasteiger partial charge in [0.05, 0.1) is 19.9 Å². The number of ether oxygens (including phenoxy) is 2. The Labute approximate surface area is 211 Å². The second kappa shape index (κ2) is 10.0. The highest BCUT2D eigenvalue weighted by Gasteiger charge is 2.15. The first kappa shape index (κ1) is 23.3. The maximum atomic E-state index is 12.8. The normalized spacial score (nSPS) is 10.8. The lowest BCUT2D eigenvalue weighted by molar-refractivity contribution is 0.102. The number of amides is 1. The number of hydrogen-bond acceptors (Lipinski definition) is 8. The van der Waals surface area contributed by atoms with E-state index in [9.17, 15) is 4.79 Å². The van der Waals surface area contributed by atoms with Crippen LogP contribution in [0, 0.1) is 6.92 Å². The topological polar surface area (TPSA) is 99.4 Å². The van der Waals surface area contributed by atoms with Crippen LogP contribution < -0.4 is 14.8 Å². The molecule has 1 N–H and O–H groups in total. The summed E-state index contributed by atoms with van der Waals surface area (Å²) in [4.78, 5) is 17.4. The lowest BCUT2D eigenvalue weighted by atomic mass is 10.1. The van der Waals surface area contributed by atoms with Crippen LogP contribution in [-0.2, 0) is 0 Å². The van der Waals surface area contributed by atoms with E-state index < -0.39 is 0 Å². The molecule has 36 heavy (non-hydrogen) atoms. The van der Waals surface area contributed by atoms with Crippen LogP contribution in [-0.4, -0.2) is 35.3 Å². The molecule has 3 aromatic carbocycles. The van der Waals surface area contributed by atoms with Gasteiger partial charge < -0.3 is 13.9 Å². The molecule has 0 saturated carbocycles. The van der Waals surface area contributed by atoms with Crippen molar-refractivity contribution in [3.8, 4) is 45.7 Å². The Morgan fingerprint density at radius 2 is 1.69 bits per heavy atom. The molecule has 8 nitrogen and oxygen atoms in total. The van der Waals surface area contributed by atoms with E-state index in [-0.39, 0.29) is 5.91 Å². The lowest BCUT2D eigenvalue weighted by Crippen LogP contribution is -2.11. The summed E-state index contributed by atoms with van der Waals surface area (Å²) in [6.45, 7) is 2.01. The molecule has 2 aromatic heterocycles. The number of aromatic nitrogens is 3. The molecule has 0 bridgehead atoms. The molecule has 0 aliphatic carbocycles. The van der Waals surface area contributed by atoms with E-state index in [2.05, 4.69) is 20.5 Å². The van der Waals surface area contributed by atoms with Gasteiger partial charge in [0, 0.05) is 27.6 Å². The summed E-state index contributed by atoms with van der Waals surface area (Å²) in [5, 5.41) is 13.5. The molecule has 0 unspecified atom stereocenters. The monoisotopic (exact) mass is 498 g/mol. The number of carbonyl (C=O) groups is 1. The van der Waals surface area contributed by atoms with E-state index in [4.69, 9.17) is 13.9 Å². The van der Waals surface area contributed by atoms with Gasteiger partial charge >= 0.3 is 0 Å². The molecular formula is C27H22N4O4S. The van der Waals surface area contributed by atoms with Gasteiger partial charge in [-0.1, -0.05) is 17.7 Å². The third kappa shape index (κ3) is 4.82. The zero-order chi connectivity index (χ0) is 25.1. The Morgan fingerprint density at radius 3 is 2.42 bits per heavy atom. The van der Waals surface area contributed by atoms with Gasteiger partial charge in [-0.25, -0.2) is 4.98 Å². The number of nitrogens with one attached hydrogen (secondary N) is 1. The minimum absolute atomic E-state index is 0.272. The zero-order valence-electron chi connectivity index (χ0n) is 19.8. The fraction of sp³-hybridized carbons (Fsp3) is 0.111. The maximum absolute atomic E-state index is 12.8. The molecule has 0 radical (unpaired) electrons. The van der Waals surface area contributed by atoms with Gasteiger partial charge in [-0.2, -0.15) is 0 Å². The number of rotatable bonds is 7. The van der Waals surface area contributed by atoms with Gasteiger partial charge in [-0.05, 0) is 61.5 Å². The fourth-order valence-electron chi connectivity index (χ4n) is 3.64. The molecule has 180 valence electrons. The Kier molecular flexibility index (Phi) is 6.46. The van der Waals surface area contributed by atoms with Gasteiger partial charge in [0.15, 0.2) is 5.13 Å². The van der Waals surface area contributed by atoms with Gasteiger partial charge in [-0.15, -0.1) is 21.5 Å². The van der Waals surface area contributed by atoms with E-state index in [1.165, 1.54) is 11.3 Å². The van der Waals surface area contributed by atoms with Crippen LogP contribution in [0.15, 0.2) is 76.5 Å². The summed E-state index contributed by atoms with van der Waals surface area (Å²) in [5.41, 5.74) is 4.63. The summed E-state index contributed by atoms with van der Waals surface area (Å²) in [6.07, 6.45) is 0. The molecule has 5 rings (SSSR count). The number of hydrogen-bond donors (Lipinski definition) is 1. The number of aryl methyl sites for hydroxylation is 1. The molecule has 0 atom stereocenters. The molecule has 0 aliphatic rings. The van der Waals surface area contributed by atoms with E-state index >= 15 is 0 Å². The number of anilines is 1. The zero-order valence-corrected chi connectivity index (χ0v) is 20.6. The van der Waals surface area contributed by atoms with Crippen molar-refractivity contribution in [2.75, 3.05) is 19.5 Å². The third-order valence-corrected chi connectivity index (χ3v) is 6.25. The second-order valence-electron chi connectivity index (χ2n) is 7.92. The Hall–Kier alpha value is -4.50. The average molecular weight is 499 g/mol. The smallest absolute Gasteiger partial charge is 0.257 e. The van der Waals surface area contributed by atoms with Crippen LogP contribution in [0.4, 0.5) is 5.13 Å². The van der Waals surface area contributed by atoms with Gasteiger partial charge in [-0.3, -0.25) is 10.1 Å². The van der Waals surface area contributed by atoms with Gasteiger partial charge in [0.2, 0.25) is 11.8 Å². The van der Waals surface area contributed by atoms with Crippen LogP contribution in [0.5, 0.6) is 11.5 Å². The SMILES string of the molecule is COc1ccc(OC)c(-c2csc(NC(=O)c3ccc(-c4nnc(-c5cccc(C)c5)o4)cc3)n2)c1. The standard InChI is InChI=1S/C27H22N4O4S/c1-16-5-4-6-19(13-16)26-31-30-25(35-26)18-9-7-17(8-10-18)24(32)29-27-28-22(15-36-27)21-14-20(33-2)11-12-23(21)34-3/h4-15H,1-3H3,(H,28,29,32). The van der Waals surface area contributed by atoms with Gasteiger partial charge in [0.25, 0.3) is 5.91 Å². The van der Waals surface area contributed by atoms with E-state index in [1.54, 1.807) is 38.5 Å². The van der Waals surface area contributed by atoms with Crippen LogP contribution in [0.25, 0.3) is 34.2 Å². The average Bonchev–Trinajstić information content (AvgIpc) is 3.59. The number of nitrogens with zero attached hydrogens (tertiary/aromatic N) is 3. The number of methoxy groups -OCH3 is 2. The molecule has 1 amide bonds. The molecule has 0 fully saturated rings. The van der Waals surface area contributed by atoms with Crippen LogP contribution in [0.1, 0.15) is 15.9 Å². The predicted octanol–water partition coefficient (Wildman–Crippen LogP) is 6.11. The highest BCUT2D eigenvalue weighted by atomic mass is 32.1. The molecule has 5 aromatic rings. The van der Waals surface area contributed by atoms with Crippen molar-refractivity contribution < 1.29 is 18.7 Å². The largest absolute Gasteiger partial charge is 0.497 e. The van der Waals surface area contributed by atoms with Crippen LogP contribution in [0.2, 0.25) is 0 Å². The Morgan fingerprint density at radius 1 is 0.917 bits per heavy atom. The summed E-state index contributed by atoms with van der Waals surface area (Å²) < 4.78 is 16.6. The Balaban J connectivity index is 1.30. The summed E-state index contributed by atoms with van der Waals surface area (Å²) >= 11 is 1.33. The van der Waals surface area contributed by atoms with E-state index in [0.717, 1.165) is 22.3 Å². The van der Waals surface area contributed by atoms with Crippen molar-refractivity contribution in [3.63, 3.8) is 0 Å². The number of carbonyl (C=O) groups excluding carboxylic acids is 1. The quantitative estimate of drug-likeness (QED) is 0.289. The van der Waals surface area contributed by atoms with Crippen molar-refractivity contribution in [1.82, 2.24) is 15.2 Å². The summed E-state index contributed by atoms with van der Waals surface area (Å²) in [6, 6.07) is 20.3.